The summed E-state index contributed by atoms with van der Waals surface area (Å²) in [5.41, 5.74) is 5.11. The summed E-state index contributed by atoms with van der Waals surface area (Å²) >= 11 is 0. The summed E-state index contributed by atoms with van der Waals surface area (Å²) in [6.45, 7) is 0. The van der Waals surface area contributed by atoms with Gasteiger partial charge in [0.05, 0.1) is 6.04 Å². The summed E-state index contributed by atoms with van der Waals surface area (Å²) in [5, 5.41) is 4.36. The molecule has 0 spiro atoms. The van der Waals surface area contributed by atoms with E-state index >= 15 is 0 Å². The third-order valence-corrected chi connectivity index (χ3v) is 6.76. The maximum atomic E-state index is 14.3. The van der Waals surface area contributed by atoms with E-state index in [1.54, 1.807) is 12.1 Å². The first-order chi connectivity index (χ1) is 17.6. The van der Waals surface area contributed by atoms with Crippen LogP contribution in [0.1, 0.15) is 40.6 Å². The lowest BCUT2D eigenvalue weighted by molar-refractivity contribution is -0.122. The number of fused-ring (bicyclic) bond motifs is 1. The Morgan fingerprint density at radius 3 is 2.25 bits per heavy atom. The molecule has 0 fully saturated rings. The molecule has 0 unspecified atom stereocenters. The van der Waals surface area contributed by atoms with Crippen molar-refractivity contribution >= 4 is 16.8 Å². The molecule has 0 saturated heterocycles. The molecule has 2 atom stereocenters. The molecule has 0 bridgehead atoms. The Hall–Kier alpha value is -4.18. The zero-order chi connectivity index (χ0) is 24.9. The van der Waals surface area contributed by atoms with Crippen molar-refractivity contribution in [2.24, 2.45) is 7.05 Å². The summed E-state index contributed by atoms with van der Waals surface area (Å²) < 4.78 is 16.3. The largest absolute Gasteiger partial charge is 0.350 e. The van der Waals surface area contributed by atoms with Gasteiger partial charge in [-0.05, 0) is 46.9 Å². The van der Waals surface area contributed by atoms with Crippen LogP contribution in [0.15, 0.2) is 115 Å². The number of aromatic nitrogens is 1. The highest BCUT2D eigenvalue weighted by atomic mass is 19.1. The third-order valence-electron chi connectivity index (χ3n) is 6.76. The normalized spacial score (nSPS) is 12.8. The topological polar surface area (TPSA) is 34.0 Å². The second-order valence-corrected chi connectivity index (χ2v) is 9.24. The number of nitrogens with zero attached hydrogens (tertiary/aromatic N) is 1. The van der Waals surface area contributed by atoms with Gasteiger partial charge in [-0.15, -0.1) is 0 Å². The van der Waals surface area contributed by atoms with Gasteiger partial charge < -0.3 is 9.88 Å². The SMILES string of the molecule is Cn1cc([C@H](CC(=O)N[C@H](Cc2ccccc2)c2ccccc2)c2cccc(F)c2)c2ccccc21. The smallest absolute Gasteiger partial charge is 0.221 e. The first kappa shape index (κ1) is 23.6. The van der Waals surface area contributed by atoms with Gasteiger partial charge >= 0.3 is 0 Å². The monoisotopic (exact) mass is 476 g/mol. The average molecular weight is 477 g/mol. The van der Waals surface area contributed by atoms with E-state index in [1.807, 2.05) is 73.8 Å². The maximum Gasteiger partial charge on any atom is 0.221 e. The van der Waals surface area contributed by atoms with Crippen LogP contribution in [0.25, 0.3) is 10.9 Å². The molecule has 1 aromatic heterocycles. The summed E-state index contributed by atoms with van der Waals surface area (Å²) in [6.07, 6.45) is 2.97. The Morgan fingerprint density at radius 1 is 0.833 bits per heavy atom. The van der Waals surface area contributed by atoms with Crippen molar-refractivity contribution in [3.63, 3.8) is 0 Å². The number of carbonyl (C=O) groups excluding carboxylic acids is 1. The fraction of sp³-hybridized carbons (Fsp3) is 0.156. The van der Waals surface area contributed by atoms with Crippen molar-refractivity contribution in [2.45, 2.75) is 24.8 Å². The number of rotatable bonds is 8. The molecule has 1 N–H and O–H groups in total. The summed E-state index contributed by atoms with van der Waals surface area (Å²) in [5.74, 6) is -0.647. The van der Waals surface area contributed by atoms with E-state index in [0.717, 1.165) is 33.2 Å². The van der Waals surface area contributed by atoms with Gasteiger partial charge in [0, 0.05) is 36.5 Å². The second-order valence-electron chi connectivity index (χ2n) is 9.24. The fourth-order valence-corrected chi connectivity index (χ4v) is 5.01. The van der Waals surface area contributed by atoms with Gasteiger partial charge in [-0.3, -0.25) is 4.79 Å². The Morgan fingerprint density at radius 2 is 1.50 bits per heavy atom. The molecule has 5 aromatic rings. The second kappa shape index (κ2) is 10.6. The number of carbonyl (C=O) groups is 1. The zero-order valence-electron chi connectivity index (χ0n) is 20.3. The number of halogens is 1. The minimum Gasteiger partial charge on any atom is -0.350 e. The van der Waals surface area contributed by atoms with E-state index in [9.17, 15) is 9.18 Å². The van der Waals surface area contributed by atoms with Crippen molar-refractivity contribution in [3.05, 3.63) is 143 Å². The molecule has 0 aliphatic rings. The van der Waals surface area contributed by atoms with Crippen LogP contribution in [0.4, 0.5) is 4.39 Å². The molecule has 180 valence electrons. The molecule has 1 amide bonds. The van der Waals surface area contributed by atoms with Crippen molar-refractivity contribution in [3.8, 4) is 0 Å². The lowest BCUT2D eigenvalue weighted by atomic mass is 9.87. The van der Waals surface area contributed by atoms with Crippen LogP contribution < -0.4 is 5.32 Å². The maximum absolute atomic E-state index is 14.3. The molecule has 0 aliphatic heterocycles. The van der Waals surface area contributed by atoms with E-state index < -0.39 is 0 Å². The van der Waals surface area contributed by atoms with Gasteiger partial charge in [0.2, 0.25) is 5.91 Å². The van der Waals surface area contributed by atoms with E-state index in [1.165, 1.54) is 6.07 Å². The number of nitrogens with one attached hydrogen (secondary N) is 1. The van der Waals surface area contributed by atoms with Crippen LogP contribution in [0.5, 0.6) is 0 Å². The van der Waals surface area contributed by atoms with Crippen LogP contribution in [0, 0.1) is 5.82 Å². The number of amides is 1. The first-order valence-corrected chi connectivity index (χ1v) is 12.3. The number of para-hydroxylation sites is 1. The van der Waals surface area contributed by atoms with Crippen LogP contribution in [-0.4, -0.2) is 10.5 Å². The first-order valence-electron chi connectivity index (χ1n) is 12.3. The van der Waals surface area contributed by atoms with Crippen LogP contribution >= 0.6 is 0 Å². The molecule has 0 aliphatic carbocycles. The minimum atomic E-state index is -0.301. The quantitative estimate of drug-likeness (QED) is 0.259. The molecular weight excluding hydrogens is 447 g/mol. The molecule has 3 nitrogen and oxygen atoms in total. The highest BCUT2D eigenvalue weighted by Gasteiger charge is 2.24. The highest BCUT2D eigenvalue weighted by molar-refractivity contribution is 5.86. The van der Waals surface area contributed by atoms with E-state index in [4.69, 9.17) is 0 Å². The van der Waals surface area contributed by atoms with E-state index in [-0.39, 0.29) is 30.1 Å². The summed E-state index contributed by atoms with van der Waals surface area (Å²) in [6, 6.07) is 34.8. The Bertz CT molecular complexity index is 1460. The van der Waals surface area contributed by atoms with Gasteiger partial charge in [-0.25, -0.2) is 4.39 Å². The molecule has 0 radical (unpaired) electrons. The predicted octanol–water partition coefficient (Wildman–Crippen LogP) is 6.94. The molecular formula is C32H29FN2O. The molecule has 36 heavy (non-hydrogen) atoms. The van der Waals surface area contributed by atoms with Crippen LogP contribution in [0.3, 0.4) is 0 Å². The van der Waals surface area contributed by atoms with Gasteiger partial charge in [0.15, 0.2) is 0 Å². The molecule has 5 rings (SSSR count). The minimum absolute atomic E-state index is 0.0676. The van der Waals surface area contributed by atoms with Crippen molar-refractivity contribution in [1.29, 1.82) is 0 Å². The number of hydrogen-bond acceptors (Lipinski definition) is 1. The Balaban J connectivity index is 1.47. The van der Waals surface area contributed by atoms with Gasteiger partial charge in [0.25, 0.3) is 0 Å². The fourth-order valence-electron chi connectivity index (χ4n) is 5.01. The highest BCUT2D eigenvalue weighted by Crippen LogP contribution is 2.35. The Labute approximate surface area is 211 Å². The van der Waals surface area contributed by atoms with Crippen molar-refractivity contribution in [1.82, 2.24) is 9.88 Å². The van der Waals surface area contributed by atoms with Crippen molar-refractivity contribution in [2.75, 3.05) is 0 Å². The number of hydrogen-bond donors (Lipinski definition) is 1. The number of benzene rings is 4. The zero-order valence-corrected chi connectivity index (χ0v) is 20.3. The van der Waals surface area contributed by atoms with Crippen molar-refractivity contribution < 1.29 is 9.18 Å². The van der Waals surface area contributed by atoms with Gasteiger partial charge in [-0.2, -0.15) is 0 Å². The summed E-state index contributed by atoms with van der Waals surface area (Å²) in [4.78, 5) is 13.6. The number of aryl methyl sites for hydroxylation is 1. The van der Waals surface area contributed by atoms with E-state index in [2.05, 4.69) is 40.3 Å². The average Bonchev–Trinajstić information content (AvgIpc) is 3.24. The molecule has 0 saturated carbocycles. The van der Waals surface area contributed by atoms with Gasteiger partial charge in [0.1, 0.15) is 5.82 Å². The van der Waals surface area contributed by atoms with Gasteiger partial charge in [-0.1, -0.05) is 91.0 Å². The lowest BCUT2D eigenvalue weighted by Gasteiger charge is -2.22. The van der Waals surface area contributed by atoms with Crippen LogP contribution in [0.2, 0.25) is 0 Å². The third kappa shape index (κ3) is 5.23. The lowest BCUT2D eigenvalue weighted by Crippen LogP contribution is -2.31. The molecule has 4 aromatic carbocycles. The van der Waals surface area contributed by atoms with E-state index in [0.29, 0.717) is 6.42 Å². The van der Waals surface area contributed by atoms with Crippen LogP contribution in [-0.2, 0) is 18.3 Å². The standard InChI is InChI=1S/C32H29FN2O/c1-35-22-29(27-17-8-9-18-31(27)35)28(25-15-10-16-26(33)20-25)21-32(36)34-30(24-13-6-3-7-14-24)19-23-11-4-2-5-12-23/h2-18,20,22,28,30H,19,21H2,1H3,(H,34,36)/t28-,30-/m1/s1. The Kier molecular flexibility index (Phi) is 6.94. The predicted molar refractivity (Wildman–Crippen MR) is 143 cm³/mol. The molecule has 4 heteroatoms. The molecule has 1 heterocycles. The summed E-state index contributed by atoms with van der Waals surface area (Å²) in [7, 11) is 2.00.